The van der Waals surface area contributed by atoms with E-state index in [0.717, 1.165) is 0 Å². The number of hydrogen-bond acceptors (Lipinski definition) is 1. The third-order valence-electron chi connectivity index (χ3n) is 2.56. The van der Waals surface area contributed by atoms with Crippen molar-refractivity contribution in [2.45, 2.75) is 27.7 Å². The van der Waals surface area contributed by atoms with Crippen molar-refractivity contribution in [1.29, 1.82) is 5.26 Å². The van der Waals surface area contributed by atoms with Gasteiger partial charge in [0.2, 0.25) is 0 Å². The fourth-order valence-corrected chi connectivity index (χ4v) is 1.59. The average molecular weight is 149 g/mol. The lowest BCUT2D eigenvalue weighted by molar-refractivity contribution is 0.588. The Kier molecular flexibility index (Phi) is 1.80. The van der Waals surface area contributed by atoms with Crippen LogP contribution in [0.25, 0.3) is 0 Å². The average Bonchev–Trinajstić information content (AvgIpc) is 2.33. The first-order valence-electron chi connectivity index (χ1n) is 4.04. The fraction of sp³-hybridized carbons (Fsp3) is 0.700. The summed E-state index contributed by atoms with van der Waals surface area (Å²) in [6.07, 6.45) is 2.22. The van der Waals surface area contributed by atoms with Crippen molar-refractivity contribution in [3.63, 3.8) is 0 Å². The molecule has 1 aliphatic rings. The summed E-state index contributed by atoms with van der Waals surface area (Å²) in [7, 11) is 0. The lowest BCUT2D eigenvalue weighted by Crippen LogP contribution is -1.88. The van der Waals surface area contributed by atoms with E-state index in [9.17, 15) is 0 Å². The smallest absolute Gasteiger partial charge is 0.0668 e. The standard InChI is InChI=1S/C10H15N/c1-7(2)5-8-9(6-11)10(8,3)4/h5,8-9H,1-4H3/t8-,9+/m0/s1. The molecule has 0 aromatic carbocycles. The SMILES string of the molecule is CC(C)=C[C@H]1[C@@H](C#N)C1(C)C. The van der Waals surface area contributed by atoms with Gasteiger partial charge in [0.1, 0.15) is 0 Å². The first-order valence-corrected chi connectivity index (χ1v) is 4.04. The molecule has 0 aromatic heterocycles. The minimum absolute atomic E-state index is 0.228. The van der Waals surface area contributed by atoms with Gasteiger partial charge in [0, 0.05) is 0 Å². The van der Waals surface area contributed by atoms with Gasteiger partial charge in [-0.1, -0.05) is 25.5 Å². The second kappa shape index (κ2) is 2.37. The van der Waals surface area contributed by atoms with E-state index >= 15 is 0 Å². The zero-order valence-electron chi connectivity index (χ0n) is 7.68. The van der Waals surface area contributed by atoms with Crippen molar-refractivity contribution >= 4 is 0 Å². The maximum absolute atomic E-state index is 8.75. The Morgan fingerprint density at radius 3 is 2.27 bits per heavy atom. The summed E-state index contributed by atoms with van der Waals surface area (Å²) in [6, 6.07) is 2.34. The van der Waals surface area contributed by atoms with Crippen LogP contribution >= 0.6 is 0 Å². The molecule has 0 aromatic rings. The van der Waals surface area contributed by atoms with Crippen molar-refractivity contribution < 1.29 is 0 Å². The topological polar surface area (TPSA) is 23.8 Å². The molecule has 1 heteroatoms. The number of rotatable bonds is 1. The highest BCUT2D eigenvalue weighted by Crippen LogP contribution is 2.58. The highest BCUT2D eigenvalue weighted by Gasteiger charge is 2.56. The highest BCUT2D eigenvalue weighted by molar-refractivity contribution is 5.23. The third-order valence-corrected chi connectivity index (χ3v) is 2.56. The van der Waals surface area contributed by atoms with E-state index in [1.54, 1.807) is 0 Å². The van der Waals surface area contributed by atoms with Crippen molar-refractivity contribution in [2.24, 2.45) is 17.3 Å². The van der Waals surface area contributed by atoms with Crippen LogP contribution in [0.4, 0.5) is 0 Å². The predicted octanol–water partition coefficient (Wildman–Crippen LogP) is 2.75. The molecule has 0 unspecified atom stereocenters. The molecule has 0 saturated heterocycles. The van der Waals surface area contributed by atoms with Gasteiger partial charge in [-0.25, -0.2) is 0 Å². The molecule has 0 aliphatic heterocycles. The summed E-state index contributed by atoms with van der Waals surface area (Å²) in [6.45, 7) is 8.49. The van der Waals surface area contributed by atoms with Crippen LogP contribution in [0.5, 0.6) is 0 Å². The molecule has 0 amide bonds. The monoisotopic (exact) mass is 149 g/mol. The van der Waals surface area contributed by atoms with Crippen LogP contribution in [0.1, 0.15) is 27.7 Å². The number of allylic oxidation sites excluding steroid dienone is 2. The Bertz CT molecular complexity index is 226. The zero-order valence-corrected chi connectivity index (χ0v) is 7.68. The molecule has 1 nitrogen and oxygen atoms in total. The van der Waals surface area contributed by atoms with Crippen molar-refractivity contribution in [3.05, 3.63) is 11.6 Å². The Balaban J connectivity index is 2.69. The summed E-state index contributed by atoms with van der Waals surface area (Å²) in [5.74, 6) is 0.745. The summed E-state index contributed by atoms with van der Waals surface area (Å²) < 4.78 is 0. The molecule has 11 heavy (non-hydrogen) atoms. The van der Waals surface area contributed by atoms with Crippen molar-refractivity contribution in [3.8, 4) is 6.07 Å². The normalized spacial score (nSPS) is 32.3. The molecule has 2 atom stereocenters. The van der Waals surface area contributed by atoms with E-state index in [4.69, 9.17) is 5.26 Å². The van der Waals surface area contributed by atoms with Gasteiger partial charge in [-0.15, -0.1) is 0 Å². The molecule has 1 saturated carbocycles. The number of nitriles is 1. The Hall–Kier alpha value is -0.770. The van der Waals surface area contributed by atoms with Crippen LogP contribution in [-0.2, 0) is 0 Å². The van der Waals surface area contributed by atoms with Gasteiger partial charge < -0.3 is 0 Å². The third kappa shape index (κ3) is 1.30. The molecular weight excluding hydrogens is 134 g/mol. The largest absolute Gasteiger partial charge is 0.198 e. The van der Waals surface area contributed by atoms with Gasteiger partial charge in [0.15, 0.2) is 0 Å². The van der Waals surface area contributed by atoms with Gasteiger partial charge in [-0.2, -0.15) is 5.26 Å². The van der Waals surface area contributed by atoms with Crippen LogP contribution in [0.15, 0.2) is 11.6 Å². The van der Waals surface area contributed by atoms with Crippen LogP contribution in [0.2, 0.25) is 0 Å². The Labute approximate surface area is 68.7 Å². The van der Waals surface area contributed by atoms with E-state index in [1.807, 2.05) is 0 Å². The molecule has 0 heterocycles. The maximum Gasteiger partial charge on any atom is 0.0668 e. The second-order valence-corrected chi connectivity index (χ2v) is 4.20. The summed E-state index contributed by atoms with van der Waals surface area (Å²) in [5.41, 5.74) is 1.55. The summed E-state index contributed by atoms with van der Waals surface area (Å²) in [5, 5.41) is 8.75. The van der Waals surface area contributed by atoms with Gasteiger partial charge >= 0.3 is 0 Å². The predicted molar refractivity (Wildman–Crippen MR) is 45.8 cm³/mol. The minimum atomic E-state index is 0.228. The summed E-state index contributed by atoms with van der Waals surface area (Å²) in [4.78, 5) is 0. The van der Waals surface area contributed by atoms with E-state index in [1.165, 1.54) is 5.57 Å². The van der Waals surface area contributed by atoms with E-state index in [2.05, 4.69) is 39.8 Å². The van der Waals surface area contributed by atoms with E-state index in [0.29, 0.717) is 5.92 Å². The first kappa shape index (κ1) is 8.33. The minimum Gasteiger partial charge on any atom is -0.198 e. The number of nitrogens with zero attached hydrogens (tertiary/aromatic N) is 1. The maximum atomic E-state index is 8.75. The molecule has 1 fully saturated rings. The molecule has 0 N–H and O–H groups in total. The summed E-state index contributed by atoms with van der Waals surface area (Å²) >= 11 is 0. The lowest BCUT2D eigenvalue weighted by atomic mass is 10.1. The van der Waals surface area contributed by atoms with Gasteiger partial charge in [0.05, 0.1) is 12.0 Å². The number of hydrogen-bond donors (Lipinski definition) is 0. The molecule has 0 radical (unpaired) electrons. The highest BCUT2D eigenvalue weighted by atomic mass is 14.6. The quantitative estimate of drug-likeness (QED) is 0.526. The Morgan fingerprint density at radius 2 is 2.00 bits per heavy atom. The van der Waals surface area contributed by atoms with Gasteiger partial charge in [-0.05, 0) is 25.2 Å². The molecule has 1 rings (SSSR count). The van der Waals surface area contributed by atoms with Crippen molar-refractivity contribution in [1.82, 2.24) is 0 Å². The Morgan fingerprint density at radius 1 is 1.45 bits per heavy atom. The van der Waals surface area contributed by atoms with Gasteiger partial charge in [0.25, 0.3) is 0 Å². The lowest BCUT2D eigenvalue weighted by Gasteiger charge is -1.95. The van der Waals surface area contributed by atoms with Crippen LogP contribution < -0.4 is 0 Å². The van der Waals surface area contributed by atoms with E-state index in [-0.39, 0.29) is 11.3 Å². The fourth-order valence-electron chi connectivity index (χ4n) is 1.59. The van der Waals surface area contributed by atoms with E-state index < -0.39 is 0 Å². The molecule has 0 bridgehead atoms. The zero-order chi connectivity index (χ0) is 8.65. The van der Waals surface area contributed by atoms with Crippen LogP contribution in [-0.4, -0.2) is 0 Å². The van der Waals surface area contributed by atoms with Crippen molar-refractivity contribution in [2.75, 3.05) is 0 Å². The first-order chi connectivity index (χ1) is 5.00. The molecule has 0 spiro atoms. The van der Waals surface area contributed by atoms with Crippen LogP contribution in [0, 0.1) is 28.6 Å². The second-order valence-electron chi connectivity index (χ2n) is 4.20. The molecule has 60 valence electrons. The molecule has 1 aliphatic carbocycles. The molecular formula is C10H15N. The van der Waals surface area contributed by atoms with Crippen LogP contribution in [0.3, 0.4) is 0 Å². The van der Waals surface area contributed by atoms with Gasteiger partial charge in [-0.3, -0.25) is 0 Å².